The molecule has 0 saturated carbocycles. The average Bonchev–Trinajstić information content (AvgIpc) is 2.87. The molecule has 0 radical (unpaired) electrons. The summed E-state index contributed by atoms with van der Waals surface area (Å²) in [6.45, 7) is 7.68. The highest BCUT2D eigenvalue weighted by molar-refractivity contribution is 7.89. The number of hydrogen-bond acceptors (Lipinski definition) is 7. The number of rotatable bonds is 9. The molecule has 1 fully saturated rings. The van der Waals surface area contributed by atoms with Gasteiger partial charge in [0.1, 0.15) is 18.1 Å². The fourth-order valence-corrected chi connectivity index (χ4v) is 5.08. The summed E-state index contributed by atoms with van der Waals surface area (Å²) in [7, 11) is -3.95. The number of hydrogen-bond donors (Lipinski definition) is 2. The van der Waals surface area contributed by atoms with E-state index in [0.29, 0.717) is 25.4 Å². The van der Waals surface area contributed by atoms with Crippen molar-refractivity contribution in [3.05, 3.63) is 77.8 Å². The number of aromatic nitrogens is 1. The zero-order chi connectivity index (χ0) is 25.7. The first kappa shape index (κ1) is 25.5. The van der Waals surface area contributed by atoms with Gasteiger partial charge >= 0.3 is 5.97 Å². The summed E-state index contributed by atoms with van der Waals surface area (Å²) in [5, 5.41) is 10.6. The molecule has 0 atom stereocenters. The summed E-state index contributed by atoms with van der Waals surface area (Å²) in [6.07, 6.45) is 1.06. The van der Waals surface area contributed by atoms with Crippen LogP contribution >= 0.6 is 0 Å². The number of aliphatic carboxylic acids is 1. The van der Waals surface area contributed by atoms with Crippen LogP contribution in [0.5, 0.6) is 5.75 Å². The van der Waals surface area contributed by atoms with Gasteiger partial charge in [-0.25, -0.2) is 13.2 Å². The van der Waals surface area contributed by atoms with Crippen molar-refractivity contribution in [2.75, 3.05) is 32.7 Å². The Hall–Kier alpha value is -3.63. The molecule has 0 amide bonds. The van der Waals surface area contributed by atoms with Gasteiger partial charge in [-0.3, -0.25) is 9.71 Å². The van der Waals surface area contributed by atoms with E-state index >= 15 is 0 Å². The minimum atomic E-state index is -3.95. The summed E-state index contributed by atoms with van der Waals surface area (Å²) in [5.74, 6) is -0.659. The average molecular weight is 511 g/mol. The lowest BCUT2D eigenvalue weighted by Gasteiger charge is -2.35. The third kappa shape index (κ3) is 5.95. The highest BCUT2D eigenvalue weighted by Crippen LogP contribution is 2.22. The fraction of sp³-hybridized carbons (Fsp3) is 0.308. The Labute approximate surface area is 211 Å². The van der Waals surface area contributed by atoms with Gasteiger partial charge in [0.25, 0.3) is 10.0 Å². The molecule has 0 bridgehead atoms. The number of ether oxygens (including phenoxy) is 1. The van der Waals surface area contributed by atoms with Crippen LogP contribution in [0.1, 0.15) is 18.2 Å². The molecule has 190 valence electrons. The maximum Gasteiger partial charge on any atom is 0.353 e. The normalized spacial score (nSPS) is 15.2. The van der Waals surface area contributed by atoms with Crippen molar-refractivity contribution in [3.8, 4) is 5.75 Å². The van der Waals surface area contributed by atoms with E-state index in [0.717, 1.165) is 48.0 Å². The van der Waals surface area contributed by atoms with E-state index in [1.165, 1.54) is 12.1 Å². The van der Waals surface area contributed by atoms with Crippen LogP contribution in [0.4, 0.5) is 0 Å². The monoisotopic (exact) mass is 510 g/mol. The van der Waals surface area contributed by atoms with E-state index in [4.69, 9.17) is 4.74 Å². The van der Waals surface area contributed by atoms with Gasteiger partial charge in [0, 0.05) is 49.0 Å². The predicted octanol–water partition coefficient (Wildman–Crippen LogP) is 2.96. The summed E-state index contributed by atoms with van der Waals surface area (Å²) >= 11 is 0. The maximum absolute atomic E-state index is 12.8. The Morgan fingerprint density at radius 2 is 1.81 bits per heavy atom. The Bertz CT molecular complexity index is 1360. The number of fused-ring (bicyclic) bond motifs is 1. The largest absolute Gasteiger partial charge is 0.489 e. The predicted molar refractivity (Wildman–Crippen MR) is 137 cm³/mol. The summed E-state index contributed by atoms with van der Waals surface area (Å²) in [6, 6.07) is 15.8. The maximum atomic E-state index is 12.8. The van der Waals surface area contributed by atoms with Crippen LogP contribution in [0, 0.1) is 6.92 Å². The lowest BCUT2D eigenvalue weighted by molar-refractivity contribution is -0.134. The summed E-state index contributed by atoms with van der Waals surface area (Å²) in [4.78, 5) is 20.2. The van der Waals surface area contributed by atoms with Crippen molar-refractivity contribution in [1.82, 2.24) is 19.5 Å². The second-order valence-corrected chi connectivity index (χ2v) is 10.3. The Morgan fingerprint density at radius 1 is 1.11 bits per heavy atom. The number of para-hydroxylation sites is 1. The molecule has 1 aliphatic rings. The second kappa shape index (κ2) is 11.0. The Kier molecular flexibility index (Phi) is 7.76. The molecule has 2 N–H and O–H groups in total. The first-order chi connectivity index (χ1) is 17.3. The van der Waals surface area contributed by atoms with E-state index in [-0.39, 0.29) is 10.6 Å². The van der Waals surface area contributed by atoms with E-state index < -0.39 is 16.0 Å². The molecule has 2 heterocycles. The molecule has 9 nitrogen and oxygen atoms in total. The van der Waals surface area contributed by atoms with Crippen LogP contribution in [-0.4, -0.2) is 67.0 Å². The van der Waals surface area contributed by atoms with Crippen LogP contribution in [-0.2, 0) is 21.4 Å². The van der Waals surface area contributed by atoms with Gasteiger partial charge in [0.2, 0.25) is 0 Å². The van der Waals surface area contributed by atoms with Crippen LogP contribution in [0.2, 0.25) is 0 Å². The molecule has 36 heavy (non-hydrogen) atoms. The number of benzene rings is 2. The SMILES string of the molecule is CCN1CCN(/C(=C/NS(=O)(=O)c2ccc(OCc3cc(C)nc4ccccc34)cc2)C(=O)O)CC1. The van der Waals surface area contributed by atoms with Gasteiger partial charge in [-0.1, -0.05) is 25.1 Å². The van der Waals surface area contributed by atoms with Gasteiger partial charge in [-0.2, -0.15) is 0 Å². The van der Waals surface area contributed by atoms with E-state index in [1.807, 2.05) is 37.3 Å². The molecular weight excluding hydrogens is 480 g/mol. The molecule has 4 rings (SSSR count). The second-order valence-electron chi connectivity index (χ2n) is 8.58. The van der Waals surface area contributed by atoms with Gasteiger partial charge in [0.15, 0.2) is 0 Å². The molecule has 0 unspecified atom stereocenters. The van der Waals surface area contributed by atoms with Gasteiger partial charge in [-0.05, 0) is 49.9 Å². The van der Waals surface area contributed by atoms with Crippen molar-refractivity contribution in [3.63, 3.8) is 0 Å². The summed E-state index contributed by atoms with van der Waals surface area (Å²) in [5.41, 5.74) is 2.70. The number of piperazine rings is 1. The zero-order valence-electron chi connectivity index (χ0n) is 20.3. The van der Waals surface area contributed by atoms with E-state index in [9.17, 15) is 18.3 Å². The van der Waals surface area contributed by atoms with Gasteiger partial charge in [0.05, 0.1) is 10.4 Å². The lowest BCUT2D eigenvalue weighted by Crippen LogP contribution is -2.47. The highest BCUT2D eigenvalue weighted by Gasteiger charge is 2.23. The fourth-order valence-electron chi connectivity index (χ4n) is 4.19. The third-order valence-electron chi connectivity index (χ3n) is 6.19. The molecule has 1 aromatic heterocycles. The number of nitrogens with one attached hydrogen (secondary N) is 1. The zero-order valence-corrected chi connectivity index (χ0v) is 21.2. The Balaban J connectivity index is 1.43. The number of carbonyl (C=O) groups is 1. The van der Waals surface area contributed by atoms with E-state index in [2.05, 4.69) is 21.5 Å². The van der Waals surface area contributed by atoms with Crippen LogP contribution < -0.4 is 9.46 Å². The van der Waals surface area contributed by atoms with Crippen molar-refractivity contribution in [1.29, 1.82) is 0 Å². The quantitative estimate of drug-likeness (QED) is 0.423. The third-order valence-corrected chi connectivity index (χ3v) is 7.51. The molecule has 0 aliphatic carbocycles. The minimum absolute atomic E-state index is 0.0110. The number of likely N-dealkylation sites (N-methyl/N-ethyl adjacent to an activating group) is 1. The van der Waals surface area contributed by atoms with Crippen LogP contribution in [0.25, 0.3) is 10.9 Å². The first-order valence-corrected chi connectivity index (χ1v) is 13.3. The molecule has 1 saturated heterocycles. The van der Waals surface area contributed by atoms with Crippen molar-refractivity contribution in [2.24, 2.45) is 0 Å². The minimum Gasteiger partial charge on any atom is -0.489 e. The molecule has 2 aromatic carbocycles. The molecular formula is C26H30N4O5S. The lowest BCUT2D eigenvalue weighted by atomic mass is 10.1. The number of nitrogens with zero attached hydrogens (tertiary/aromatic N) is 3. The molecule has 10 heteroatoms. The van der Waals surface area contributed by atoms with Crippen LogP contribution in [0.15, 0.2) is 71.4 Å². The highest BCUT2D eigenvalue weighted by atomic mass is 32.2. The smallest absolute Gasteiger partial charge is 0.353 e. The number of pyridine rings is 1. The van der Waals surface area contributed by atoms with Crippen molar-refractivity contribution < 1.29 is 23.1 Å². The first-order valence-electron chi connectivity index (χ1n) is 11.8. The van der Waals surface area contributed by atoms with Gasteiger partial charge in [-0.15, -0.1) is 0 Å². The number of sulfonamides is 1. The number of carboxylic acids is 1. The Morgan fingerprint density at radius 3 is 2.47 bits per heavy atom. The van der Waals surface area contributed by atoms with Crippen molar-refractivity contribution >= 4 is 26.9 Å². The molecule has 3 aromatic rings. The summed E-state index contributed by atoms with van der Waals surface area (Å²) < 4.78 is 33.8. The molecule has 1 aliphatic heterocycles. The van der Waals surface area contributed by atoms with Crippen LogP contribution in [0.3, 0.4) is 0 Å². The number of carboxylic acid groups (broad SMARTS) is 1. The standard InChI is InChI=1S/C26H30N4O5S/c1-3-29-12-14-30(15-13-29)25(26(31)32)17-27-36(33,34)22-10-8-21(9-11-22)35-18-20-16-19(2)28-24-7-5-4-6-23(20)24/h4-11,16-17,27H,3,12-15,18H2,1-2H3,(H,31,32)/b25-17+. The number of aryl methyl sites for hydroxylation is 1. The van der Waals surface area contributed by atoms with E-state index in [1.54, 1.807) is 17.0 Å². The molecule has 0 spiro atoms. The topological polar surface area (TPSA) is 112 Å². The van der Waals surface area contributed by atoms with Gasteiger partial charge < -0.3 is 19.6 Å². The van der Waals surface area contributed by atoms with Crippen molar-refractivity contribution in [2.45, 2.75) is 25.3 Å².